The first-order valence-electron chi connectivity index (χ1n) is 4.32. The normalized spacial score (nSPS) is 33.8. The quantitative estimate of drug-likeness (QED) is 0.613. The molecule has 1 fully saturated rings. The molecular formula is C10H11FO. The third-order valence-electron chi connectivity index (χ3n) is 2.38. The molecule has 0 aromatic rings. The Labute approximate surface area is 71.0 Å². The summed E-state index contributed by atoms with van der Waals surface area (Å²) in [5.41, 5.74) is 0. The maximum absolute atomic E-state index is 13.1. The summed E-state index contributed by atoms with van der Waals surface area (Å²) in [5, 5.41) is 0. The summed E-state index contributed by atoms with van der Waals surface area (Å²) in [7, 11) is 0. The first-order valence-corrected chi connectivity index (χ1v) is 4.32. The Morgan fingerprint density at radius 3 is 2.50 bits per heavy atom. The summed E-state index contributed by atoms with van der Waals surface area (Å²) in [6.07, 6.45) is 7.35. The van der Waals surface area contributed by atoms with Crippen molar-refractivity contribution < 1.29 is 9.18 Å². The molecule has 12 heavy (non-hydrogen) atoms. The lowest BCUT2D eigenvalue weighted by Crippen LogP contribution is -2.24. The number of halogens is 1. The Morgan fingerprint density at radius 1 is 1.25 bits per heavy atom. The highest BCUT2D eigenvalue weighted by molar-refractivity contribution is 5.88. The number of hydrogen-bond donors (Lipinski definition) is 0. The minimum absolute atomic E-state index is 0.0862. The third kappa shape index (κ3) is 1.33. The van der Waals surface area contributed by atoms with Crippen LogP contribution in [-0.2, 0) is 4.79 Å². The molecule has 64 valence electrons. The SMILES string of the molecule is O=C(C1CC1)C1C=CC=CC1F. The van der Waals surface area contributed by atoms with Crippen molar-refractivity contribution in [2.45, 2.75) is 19.0 Å². The number of alkyl halides is 1. The van der Waals surface area contributed by atoms with E-state index in [1.54, 1.807) is 18.2 Å². The van der Waals surface area contributed by atoms with E-state index >= 15 is 0 Å². The van der Waals surface area contributed by atoms with E-state index in [9.17, 15) is 9.18 Å². The molecule has 0 N–H and O–H groups in total. The van der Waals surface area contributed by atoms with E-state index < -0.39 is 12.1 Å². The highest BCUT2D eigenvalue weighted by atomic mass is 19.1. The molecule has 1 saturated carbocycles. The fourth-order valence-corrected chi connectivity index (χ4v) is 1.47. The first-order chi connectivity index (χ1) is 5.79. The number of Topliss-reactive ketones (excluding diaryl/α,β-unsaturated/α-hetero) is 1. The molecule has 0 aromatic heterocycles. The first kappa shape index (κ1) is 7.71. The second kappa shape index (κ2) is 2.85. The molecular weight excluding hydrogens is 155 g/mol. The summed E-state index contributed by atoms with van der Waals surface area (Å²) in [5.74, 6) is -0.255. The maximum atomic E-state index is 13.1. The van der Waals surface area contributed by atoms with Crippen molar-refractivity contribution in [3.05, 3.63) is 24.3 Å². The van der Waals surface area contributed by atoms with Crippen LogP contribution in [0.3, 0.4) is 0 Å². The van der Waals surface area contributed by atoms with Gasteiger partial charge in [-0.25, -0.2) is 4.39 Å². The lowest BCUT2D eigenvalue weighted by Gasteiger charge is -2.15. The monoisotopic (exact) mass is 166 g/mol. The van der Waals surface area contributed by atoms with E-state index in [4.69, 9.17) is 0 Å². The molecule has 0 amide bonds. The number of carbonyl (C=O) groups excluding carboxylic acids is 1. The lowest BCUT2D eigenvalue weighted by atomic mass is 9.92. The van der Waals surface area contributed by atoms with E-state index in [0.29, 0.717) is 0 Å². The van der Waals surface area contributed by atoms with Crippen LogP contribution in [0.2, 0.25) is 0 Å². The fourth-order valence-electron chi connectivity index (χ4n) is 1.47. The molecule has 0 bridgehead atoms. The van der Waals surface area contributed by atoms with Crippen molar-refractivity contribution in [2.75, 3.05) is 0 Å². The summed E-state index contributed by atoms with van der Waals surface area (Å²) in [6.45, 7) is 0. The van der Waals surface area contributed by atoms with Crippen molar-refractivity contribution in [2.24, 2.45) is 11.8 Å². The zero-order chi connectivity index (χ0) is 8.55. The summed E-state index contributed by atoms with van der Waals surface area (Å²) in [4.78, 5) is 11.4. The molecule has 1 nitrogen and oxygen atoms in total. The second-order valence-corrected chi connectivity index (χ2v) is 3.42. The predicted molar refractivity (Wildman–Crippen MR) is 44.4 cm³/mol. The van der Waals surface area contributed by atoms with E-state index in [1.807, 2.05) is 0 Å². The van der Waals surface area contributed by atoms with Gasteiger partial charge in [0.05, 0.1) is 5.92 Å². The van der Waals surface area contributed by atoms with Crippen LogP contribution in [-0.4, -0.2) is 12.0 Å². The zero-order valence-corrected chi connectivity index (χ0v) is 6.74. The average molecular weight is 166 g/mol. The molecule has 0 aromatic carbocycles. The lowest BCUT2D eigenvalue weighted by molar-refractivity contribution is -0.123. The van der Waals surface area contributed by atoms with Crippen LogP contribution in [0.15, 0.2) is 24.3 Å². The van der Waals surface area contributed by atoms with Crippen molar-refractivity contribution in [1.82, 2.24) is 0 Å². The number of rotatable bonds is 2. The summed E-state index contributed by atoms with van der Waals surface area (Å²) >= 11 is 0. The van der Waals surface area contributed by atoms with Crippen LogP contribution in [0.25, 0.3) is 0 Å². The summed E-state index contributed by atoms with van der Waals surface area (Å²) in [6, 6.07) is 0. The van der Waals surface area contributed by atoms with Gasteiger partial charge in [-0.2, -0.15) is 0 Å². The number of carbonyl (C=O) groups is 1. The van der Waals surface area contributed by atoms with Gasteiger partial charge in [0.1, 0.15) is 12.0 Å². The van der Waals surface area contributed by atoms with Gasteiger partial charge < -0.3 is 0 Å². The van der Waals surface area contributed by atoms with Gasteiger partial charge >= 0.3 is 0 Å². The highest BCUT2D eigenvalue weighted by Gasteiger charge is 2.37. The van der Waals surface area contributed by atoms with Gasteiger partial charge in [0.25, 0.3) is 0 Å². The molecule has 0 spiro atoms. The van der Waals surface area contributed by atoms with E-state index in [0.717, 1.165) is 12.8 Å². The summed E-state index contributed by atoms with van der Waals surface area (Å²) < 4.78 is 13.1. The fraction of sp³-hybridized carbons (Fsp3) is 0.500. The molecule has 2 rings (SSSR count). The van der Waals surface area contributed by atoms with Gasteiger partial charge in [-0.1, -0.05) is 18.2 Å². The predicted octanol–water partition coefficient (Wildman–Crippen LogP) is 2.05. The topological polar surface area (TPSA) is 17.1 Å². The maximum Gasteiger partial charge on any atom is 0.146 e. The van der Waals surface area contributed by atoms with Crippen LogP contribution in [0.1, 0.15) is 12.8 Å². The molecule has 2 aliphatic carbocycles. The standard InChI is InChI=1S/C10H11FO/c11-9-4-2-1-3-8(9)10(12)7-5-6-7/h1-4,7-9H,5-6H2. The Kier molecular flexibility index (Phi) is 1.83. The van der Waals surface area contributed by atoms with Crippen molar-refractivity contribution in [1.29, 1.82) is 0 Å². The number of ketones is 1. The smallest absolute Gasteiger partial charge is 0.146 e. The Morgan fingerprint density at radius 2 is 1.92 bits per heavy atom. The molecule has 2 heteroatoms. The largest absolute Gasteiger partial charge is 0.299 e. The van der Waals surface area contributed by atoms with Crippen LogP contribution >= 0.6 is 0 Å². The molecule has 2 aliphatic rings. The van der Waals surface area contributed by atoms with E-state index in [2.05, 4.69) is 0 Å². The average Bonchev–Trinajstić information content (AvgIpc) is 2.86. The Balaban J connectivity index is 2.06. The molecule has 2 atom stereocenters. The number of hydrogen-bond acceptors (Lipinski definition) is 1. The molecule has 0 radical (unpaired) electrons. The molecule has 0 aliphatic heterocycles. The minimum atomic E-state index is -1.09. The van der Waals surface area contributed by atoms with Crippen LogP contribution in [0.4, 0.5) is 4.39 Å². The van der Waals surface area contributed by atoms with Crippen LogP contribution in [0, 0.1) is 11.8 Å². The number of allylic oxidation sites excluding steroid dienone is 4. The van der Waals surface area contributed by atoms with Gasteiger partial charge in [-0.3, -0.25) is 4.79 Å². The highest BCUT2D eigenvalue weighted by Crippen LogP contribution is 2.35. The zero-order valence-electron chi connectivity index (χ0n) is 6.74. The molecule has 0 heterocycles. The van der Waals surface area contributed by atoms with E-state index in [-0.39, 0.29) is 11.7 Å². The second-order valence-electron chi connectivity index (χ2n) is 3.42. The van der Waals surface area contributed by atoms with Crippen LogP contribution in [0.5, 0.6) is 0 Å². The van der Waals surface area contributed by atoms with Crippen molar-refractivity contribution in [3.63, 3.8) is 0 Å². The minimum Gasteiger partial charge on any atom is -0.299 e. The Bertz CT molecular complexity index is 251. The van der Waals surface area contributed by atoms with Gasteiger partial charge in [0.15, 0.2) is 0 Å². The third-order valence-corrected chi connectivity index (χ3v) is 2.38. The van der Waals surface area contributed by atoms with Gasteiger partial charge in [0, 0.05) is 5.92 Å². The van der Waals surface area contributed by atoms with Gasteiger partial charge in [-0.15, -0.1) is 0 Å². The van der Waals surface area contributed by atoms with Crippen molar-refractivity contribution in [3.8, 4) is 0 Å². The van der Waals surface area contributed by atoms with Gasteiger partial charge in [0.2, 0.25) is 0 Å². The Hall–Kier alpha value is -0.920. The van der Waals surface area contributed by atoms with Crippen LogP contribution < -0.4 is 0 Å². The molecule has 0 saturated heterocycles. The van der Waals surface area contributed by atoms with Gasteiger partial charge in [-0.05, 0) is 18.9 Å². The molecule has 2 unspecified atom stereocenters. The van der Waals surface area contributed by atoms with Crippen molar-refractivity contribution >= 4 is 5.78 Å². The van der Waals surface area contributed by atoms with E-state index in [1.165, 1.54) is 6.08 Å².